The first kappa shape index (κ1) is 14.0. The molecule has 0 amide bonds. The molecule has 1 saturated carbocycles. The highest BCUT2D eigenvalue weighted by Crippen LogP contribution is 2.29. The summed E-state index contributed by atoms with van der Waals surface area (Å²) in [5, 5.41) is 13.0. The summed E-state index contributed by atoms with van der Waals surface area (Å²) in [6.07, 6.45) is 4.41. The molecular formula is C15H21NO3. The van der Waals surface area contributed by atoms with Crippen molar-refractivity contribution in [3.05, 3.63) is 35.4 Å². The van der Waals surface area contributed by atoms with Crippen LogP contribution in [0.1, 0.15) is 41.6 Å². The van der Waals surface area contributed by atoms with E-state index in [1.54, 1.807) is 12.1 Å². The molecule has 0 aromatic heterocycles. The SMILES string of the molecule is COC(=O)c1ccc(CNC2(CO)CCCC2)cc1. The Morgan fingerprint density at radius 3 is 2.47 bits per heavy atom. The molecule has 0 bridgehead atoms. The summed E-state index contributed by atoms with van der Waals surface area (Å²) in [6, 6.07) is 7.37. The van der Waals surface area contributed by atoms with Crippen molar-refractivity contribution in [1.29, 1.82) is 0 Å². The Morgan fingerprint density at radius 2 is 1.95 bits per heavy atom. The number of rotatable bonds is 5. The molecule has 4 nitrogen and oxygen atoms in total. The molecule has 1 aromatic rings. The Bertz CT molecular complexity index is 422. The second kappa shape index (κ2) is 6.17. The van der Waals surface area contributed by atoms with Crippen LogP contribution in [0.3, 0.4) is 0 Å². The smallest absolute Gasteiger partial charge is 0.337 e. The van der Waals surface area contributed by atoms with E-state index in [9.17, 15) is 9.90 Å². The summed E-state index contributed by atoms with van der Waals surface area (Å²) in [6.45, 7) is 0.898. The van der Waals surface area contributed by atoms with Crippen LogP contribution in [-0.4, -0.2) is 30.3 Å². The minimum Gasteiger partial charge on any atom is -0.465 e. The molecule has 104 valence electrons. The molecule has 1 fully saturated rings. The van der Waals surface area contributed by atoms with Crippen LogP contribution in [0.2, 0.25) is 0 Å². The number of hydrogen-bond acceptors (Lipinski definition) is 4. The number of aliphatic hydroxyl groups is 1. The number of nitrogens with one attached hydrogen (secondary N) is 1. The van der Waals surface area contributed by atoms with Gasteiger partial charge in [0.2, 0.25) is 0 Å². The predicted octanol–water partition coefficient (Wildman–Crippen LogP) is 1.87. The van der Waals surface area contributed by atoms with Crippen molar-refractivity contribution in [3.63, 3.8) is 0 Å². The lowest BCUT2D eigenvalue weighted by molar-refractivity contribution is 0.0600. The van der Waals surface area contributed by atoms with Gasteiger partial charge >= 0.3 is 5.97 Å². The summed E-state index contributed by atoms with van der Waals surface area (Å²) >= 11 is 0. The maximum atomic E-state index is 11.3. The minimum atomic E-state index is -0.317. The fourth-order valence-corrected chi connectivity index (χ4v) is 2.61. The summed E-state index contributed by atoms with van der Waals surface area (Å²) in [7, 11) is 1.38. The Hall–Kier alpha value is -1.39. The van der Waals surface area contributed by atoms with Crippen molar-refractivity contribution in [1.82, 2.24) is 5.32 Å². The van der Waals surface area contributed by atoms with Gasteiger partial charge in [-0.1, -0.05) is 25.0 Å². The molecule has 0 unspecified atom stereocenters. The van der Waals surface area contributed by atoms with E-state index in [1.165, 1.54) is 20.0 Å². The third-order valence-corrected chi connectivity index (χ3v) is 3.91. The maximum absolute atomic E-state index is 11.3. The van der Waals surface area contributed by atoms with Gasteiger partial charge in [-0.15, -0.1) is 0 Å². The molecule has 0 heterocycles. The van der Waals surface area contributed by atoms with Gasteiger partial charge in [0.25, 0.3) is 0 Å². The van der Waals surface area contributed by atoms with Crippen LogP contribution < -0.4 is 5.32 Å². The Labute approximate surface area is 113 Å². The Morgan fingerprint density at radius 1 is 1.32 bits per heavy atom. The molecule has 0 aliphatic heterocycles. The largest absolute Gasteiger partial charge is 0.465 e. The Kier molecular flexibility index (Phi) is 4.56. The second-order valence-electron chi connectivity index (χ2n) is 5.19. The van der Waals surface area contributed by atoms with Crippen LogP contribution in [0.5, 0.6) is 0 Å². The van der Waals surface area contributed by atoms with Gasteiger partial charge in [-0.25, -0.2) is 4.79 Å². The number of methoxy groups -OCH3 is 1. The molecule has 1 aliphatic carbocycles. The lowest BCUT2D eigenvalue weighted by Crippen LogP contribution is -2.45. The zero-order valence-electron chi connectivity index (χ0n) is 11.3. The van der Waals surface area contributed by atoms with E-state index >= 15 is 0 Å². The number of ether oxygens (including phenoxy) is 1. The third-order valence-electron chi connectivity index (χ3n) is 3.91. The molecule has 1 aliphatic rings. The third kappa shape index (κ3) is 3.33. The van der Waals surface area contributed by atoms with Crippen LogP contribution in [0, 0.1) is 0 Å². The normalized spacial score (nSPS) is 17.4. The number of esters is 1. The zero-order valence-corrected chi connectivity index (χ0v) is 11.3. The molecule has 2 N–H and O–H groups in total. The van der Waals surface area contributed by atoms with Crippen LogP contribution in [0.4, 0.5) is 0 Å². The predicted molar refractivity (Wildman–Crippen MR) is 72.9 cm³/mol. The van der Waals surface area contributed by atoms with Crippen LogP contribution >= 0.6 is 0 Å². The number of hydrogen-bond donors (Lipinski definition) is 2. The van der Waals surface area contributed by atoms with Crippen molar-refractivity contribution < 1.29 is 14.6 Å². The molecule has 0 radical (unpaired) electrons. The van der Waals surface area contributed by atoms with Gasteiger partial charge in [0.05, 0.1) is 19.3 Å². The van der Waals surface area contributed by atoms with Crippen molar-refractivity contribution >= 4 is 5.97 Å². The van der Waals surface area contributed by atoms with Gasteiger partial charge in [0.1, 0.15) is 0 Å². The number of carbonyl (C=O) groups is 1. The summed E-state index contributed by atoms with van der Waals surface area (Å²) in [4.78, 5) is 11.3. The van der Waals surface area contributed by atoms with Gasteiger partial charge in [0.15, 0.2) is 0 Å². The minimum absolute atomic E-state index is 0.110. The molecule has 0 spiro atoms. The van der Waals surface area contributed by atoms with Gasteiger partial charge in [0, 0.05) is 12.1 Å². The lowest BCUT2D eigenvalue weighted by Gasteiger charge is -2.28. The van der Waals surface area contributed by atoms with Crippen molar-refractivity contribution in [2.45, 2.75) is 37.8 Å². The van der Waals surface area contributed by atoms with E-state index in [1.807, 2.05) is 12.1 Å². The number of carbonyl (C=O) groups excluding carboxylic acids is 1. The fraction of sp³-hybridized carbons (Fsp3) is 0.533. The highest BCUT2D eigenvalue weighted by atomic mass is 16.5. The highest BCUT2D eigenvalue weighted by Gasteiger charge is 2.32. The summed E-state index contributed by atoms with van der Waals surface area (Å²) in [5.74, 6) is -0.317. The summed E-state index contributed by atoms with van der Waals surface area (Å²) in [5.41, 5.74) is 1.55. The molecule has 2 rings (SSSR count). The van der Waals surface area contributed by atoms with E-state index in [2.05, 4.69) is 10.1 Å². The van der Waals surface area contributed by atoms with Crippen molar-refractivity contribution in [2.24, 2.45) is 0 Å². The average Bonchev–Trinajstić information content (AvgIpc) is 2.94. The fourth-order valence-electron chi connectivity index (χ4n) is 2.61. The monoisotopic (exact) mass is 263 g/mol. The molecule has 0 saturated heterocycles. The first-order chi connectivity index (χ1) is 9.19. The topological polar surface area (TPSA) is 58.6 Å². The average molecular weight is 263 g/mol. The number of benzene rings is 1. The first-order valence-corrected chi connectivity index (χ1v) is 6.72. The zero-order chi connectivity index (χ0) is 13.7. The van der Waals surface area contributed by atoms with Gasteiger partial charge in [-0.3, -0.25) is 0 Å². The van der Waals surface area contributed by atoms with Gasteiger partial charge in [-0.2, -0.15) is 0 Å². The number of aliphatic hydroxyl groups excluding tert-OH is 1. The van der Waals surface area contributed by atoms with Crippen LogP contribution in [-0.2, 0) is 11.3 Å². The maximum Gasteiger partial charge on any atom is 0.337 e. The van der Waals surface area contributed by atoms with E-state index in [0.29, 0.717) is 12.1 Å². The molecular weight excluding hydrogens is 242 g/mol. The van der Waals surface area contributed by atoms with Crippen molar-refractivity contribution in [2.75, 3.05) is 13.7 Å². The van der Waals surface area contributed by atoms with E-state index in [0.717, 1.165) is 18.4 Å². The van der Waals surface area contributed by atoms with Crippen molar-refractivity contribution in [3.8, 4) is 0 Å². The second-order valence-corrected chi connectivity index (χ2v) is 5.19. The standard InChI is InChI=1S/C15H21NO3/c1-19-14(18)13-6-4-12(5-7-13)10-16-15(11-17)8-2-3-9-15/h4-7,16-17H,2-3,8-11H2,1H3. The van der Waals surface area contributed by atoms with E-state index in [-0.39, 0.29) is 18.1 Å². The lowest BCUT2D eigenvalue weighted by atomic mass is 9.98. The molecule has 4 heteroatoms. The quantitative estimate of drug-likeness (QED) is 0.796. The molecule has 0 atom stereocenters. The summed E-state index contributed by atoms with van der Waals surface area (Å²) < 4.78 is 4.66. The van der Waals surface area contributed by atoms with Crippen LogP contribution in [0.15, 0.2) is 24.3 Å². The van der Waals surface area contributed by atoms with Crippen LogP contribution in [0.25, 0.3) is 0 Å². The Balaban J connectivity index is 1.94. The highest BCUT2D eigenvalue weighted by molar-refractivity contribution is 5.89. The van der Waals surface area contributed by atoms with E-state index < -0.39 is 0 Å². The first-order valence-electron chi connectivity index (χ1n) is 6.72. The van der Waals surface area contributed by atoms with Gasteiger partial charge in [-0.05, 0) is 30.5 Å². The molecule has 19 heavy (non-hydrogen) atoms. The van der Waals surface area contributed by atoms with Gasteiger partial charge < -0.3 is 15.2 Å². The van der Waals surface area contributed by atoms with E-state index in [4.69, 9.17) is 0 Å². The molecule has 1 aromatic carbocycles.